The van der Waals surface area contributed by atoms with E-state index in [0.717, 1.165) is 54.2 Å². The largest absolute Gasteiger partial charge is 0.377 e. The molecule has 6 heteroatoms. The molecule has 174 valence electrons. The van der Waals surface area contributed by atoms with E-state index >= 15 is 0 Å². The van der Waals surface area contributed by atoms with Crippen LogP contribution in [0.3, 0.4) is 0 Å². The van der Waals surface area contributed by atoms with Crippen molar-refractivity contribution in [2.45, 2.75) is 25.3 Å². The van der Waals surface area contributed by atoms with Crippen LogP contribution in [-0.4, -0.2) is 65.7 Å². The highest BCUT2D eigenvalue weighted by Crippen LogP contribution is 2.31. The molecule has 0 aliphatic carbocycles. The first-order chi connectivity index (χ1) is 16.7. The number of anilines is 1. The summed E-state index contributed by atoms with van der Waals surface area (Å²) in [6.07, 6.45) is 9.72. The van der Waals surface area contributed by atoms with E-state index in [0.29, 0.717) is 12.6 Å². The topological polar surface area (TPSA) is 45.9 Å². The molecule has 0 N–H and O–H groups in total. The van der Waals surface area contributed by atoms with Gasteiger partial charge in [0.1, 0.15) is 11.5 Å². The van der Waals surface area contributed by atoms with Gasteiger partial charge in [0.25, 0.3) is 0 Å². The summed E-state index contributed by atoms with van der Waals surface area (Å²) in [5.74, 6) is 1.07. The minimum atomic E-state index is 0.675. The molecule has 5 heterocycles. The van der Waals surface area contributed by atoms with Gasteiger partial charge in [-0.3, -0.25) is 4.40 Å². The lowest BCUT2D eigenvalue weighted by molar-refractivity contribution is 0.161. The molecule has 6 rings (SSSR count). The van der Waals surface area contributed by atoms with Gasteiger partial charge in [-0.25, -0.2) is 9.97 Å². The highest BCUT2D eigenvalue weighted by molar-refractivity contribution is 5.92. The highest BCUT2D eigenvalue weighted by atomic mass is 16.5. The lowest BCUT2D eigenvalue weighted by atomic mass is 10.00. The summed E-state index contributed by atoms with van der Waals surface area (Å²) in [4.78, 5) is 14.5. The first-order valence-corrected chi connectivity index (χ1v) is 12.2. The Bertz CT molecular complexity index is 1350. The van der Waals surface area contributed by atoms with Crippen molar-refractivity contribution < 1.29 is 4.74 Å². The second-order valence-corrected chi connectivity index (χ2v) is 9.57. The number of fused-ring (bicyclic) bond motifs is 3. The van der Waals surface area contributed by atoms with Gasteiger partial charge >= 0.3 is 0 Å². The summed E-state index contributed by atoms with van der Waals surface area (Å²) in [5, 5.41) is 0. The fourth-order valence-corrected chi connectivity index (χ4v) is 5.32. The van der Waals surface area contributed by atoms with Gasteiger partial charge in [0.2, 0.25) is 0 Å². The van der Waals surface area contributed by atoms with Gasteiger partial charge in [-0.15, -0.1) is 0 Å². The maximum absolute atomic E-state index is 5.54. The van der Waals surface area contributed by atoms with E-state index in [1.807, 2.05) is 6.20 Å². The third-order valence-corrected chi connectivity index (χ3v) is 7.33. The second kappa shape index (κ2) is 8.85. The summed E-state index contributed by atoms with van der Waals surface area (Å²) in [6, 6.07) is 15.7. The summed E-state index contributed by atoms with van der Waals surface area (Å²) >= 11 is 0. The van der Waals surface area contributed by atoms with E-state index in [1.165, 1.54) is 29.5 Å². The molecule has 1 aromatic carbocycles. The summed E-state index contributed by atoms with van der Waals surface area (Å²) in [6.45, 7) is 3.57. The van der Waals surface area contributed by atoms with Crippen LogP contribution in [0.4, 0.5) is 5.82 Å². The van der Waals surface area contributed by atoms with E-state index in [9.17, 15) is 0 Å². The molecule has 2 aliphatic rings. The van der Waals surface area contributed by atoms with Gasteiger partial charge in [0, 0.05) is 48.2 Å². The van der Waals surface area contributed by atoms with Crippen molar-refractivity contribution in [1.29, 1.82) is 0 Å². The van der Waals surface area contributed by atoms with Crippen LogP contribution in [0.25, 0.3) is 33.4 Å². The maximum atomic E-state index is 5.54. The Kier molecular flexibility index (Phi) is 5.55. The predicted molar refractivity (Wildman–Crippen MR) is 138 cm³/mol. The number of hydrogen-bond donors (Lipinski definition) is 0. The molecule has 0 saturated carbocycles. The Morgan fingerprint density at radius 3 is 2.59 bits per heavy atom. The molecule has 34 heavy (non-hydrogen) atoms. The molecule has 1 fully saturated rings. The van der Waals surface area contributed by atoms with E-state index in [1.54, 1.807) is 0 Å². The number of ether oxygens (including phenoxy) is 1. The van der Waals surface area contributed by atoms with Gasteiger partial charge < -0.3 is 14.5 Å². The number of nitrogens with zero attached hydrogens (tertiary/aromatic N) is 5. The zero-order valence-corrected chi connectivity index (χ0v) is 19.9. The van der Waals surface area contributed by atoms with Crippen LogP contribution in [0.1, 0.15) is 24.8 Å². The quantitative estimate of drug-likeness (QED) is 0.441. The second-order valence-electron chi connectivity index (χ2n) is 9.57. The number of rotatable bonds is 4. The summed E-state index contributed by atoms with van der Waals surface area (Å²) < 4.78 is 7.77. The normalized spacial score (nSPS) is 17.6. The van der Waals surface area contributed by atoms with Crippen molar-refractivity contribution in [3.05, 3.63) is 66.5 Å². The first-order valence-electron chi connectivity index (χ1n) is 12.2. The van der Waals surface area contributed by atoms with Gasteiger partial charge in [0.15, 0.2) is 0 Å². The molecule has 0 amide bonds. The van der Waals surface area contributed by atoms with Crippen LogP contribution in [0, 0.1) is 0 Å². The number of benzene rings is 1. The highest BCUT2D eigenvalue weighted by Gasteiger charge is 2.21. The Balaban J connectivity index is 1.32. The Labute approximate surface area is 200 Å². The molecule has 4 aromatic rings. The van der Waals surface area contributed by atoms with Crippen LogP contribution in [0.2, 0.25) is 0 Å². The number of pyridine rings is 2. The minimum absolute atomic E-state index is 0.675. The van der Waals surface area contributed by atoms with Gasteiger partial charge in [-0.05, 0) is 69.3 Å². The van der Waals surface area contributed by atoms with Crippen LogP contribution in [-0.2, 0) is 4.74 Å². The Morgan fingerprint density at radius 2 is 1.85 bits per heavy atom. The molecular weight excluding hydrogens is 422 g/mol. The van der Waals surface area contributed by atoms with Crippen molar-refractivity contribution in [1.82, 2.24) is 19.3 Å². The van der Waals surface area contributed by atoms with Crippen LogP contribution in [0.15, 0.2) is 60.9 Å². The standard InChI is InChI=1S/C28H31N5O/c1-31(2)23-10-14-32(15-11-23)26-8-6-21(18-29-26)22-7-9-27-30-25-5-3-4-24(28(25)33(27)19-22)20-12-16-34-17-13-20/h3-9,12,18-19,23H,10-11,13-17H2,1-2H3. The number of hydrogen-bond acceptors (Lipinski definition) is 5. The monoisotopic (exact) mass is 453 g/mol. The SMILES string of the molecule is CN(C)C1CCN(c2ccc(-c3ccc4nc5cccc(C6=CCOCC6)c5n4c3)cn2)CC1. The van der Waals surface area contributed by atoms with Crippen LogP contribution in [0.5, 0.6) is 0 Å². The molecule has 0 radical (unpaired) electrons. The molecule has 0 spiro atoms. The molecule has 0 atom stereocenters. The van der Waals surface area contributed by atoms with E-state index in [4.69, 9.17) is 14.7 Å². The van der Waals surface area contributed by atoms with Crippen molar-refractivity contribution >= 4 is 28.1 Å². The number of para-hydroxylation sites is 1. The third kappa shape index (κ3) is 3.87. The first kappa shape index (κ1) is 21.3. The lowest BCUT2D eigenvalue weighted by Gasteiger charge is -2.35. The molecule has 0 bridgehead atoms. The smallest absolute Gasteiger partial charge is 0.137 e. The fraction of sp³-hybridized carbons (Fsp3) is 0.357. The summed E-state index contributed by atoms with van der Waals surface area (Å²) in [7, 11) is 4.36. The van der Waals surface area contributed by atoms with E-state index in [-0.39, 0.29) is 0 Å². The Morgan fingerprint density at radius 1 is 1.00 bits per heavy atom. The average molecular weight is 454 g/mol. The molecule has 1 saturated heterocycles. The lowest BCUT2D eigenvalue weighted by Crippen LogP contribution is -2.42. The predicted octanol–water partition coefficient (Wildman–Crippen LogP) is 4.88. The van der Waals surface area contributed by atoms with E-state index < -0.39 is 0 Å². The number of aromatic nitrogens is 3. The molecule has 6 nitrogen and oxygen atoms in total. The Hall–Kier alpha value is -3.22. The zero-order chi connectivity index (χ0) is 23.1. The van der Waals surface area contributed by atoms with Crippen molar-refractivity contribution in [3.63, 3.8) is 0 Å². The van der Waals surface area contributed by atoms with Gasteiger partial charge in [0.05, 0.1) is 24.2 Å². The van der Waals surface area contributed by atoms with Gasteiger partial charge in [-0.2, -0.15) is 0 Å². The van der Waals surface area contributed by atoms with Crippen molar-refractivity contribution in [2.75, 3.05) is 45.3 Å². The summed E-state index contributed by atoms with van der Waals surface area (Å²) in [5.41, 5.74) is 8.02. The minimum Gasteiger partial charge on any atom is -0.377 e. The maximum Gasteiger partial charge on any atom is 0.137 e. The fourth-order valence-electron chi connectivity index (χ4n) is 5.32. The number of piperidine rings is 1. The molecule has 2 aliphatic heterocycles. The van der Waals surface area contributed by atoms with E-state index in [2.05, 4.69) is 83.0 Å². The molecule has 3 aromatic heterocycles. The molecule has 0 unspecified atom stereocenters. The third-order valence-electron chi connectivity index (χ3n) is 7.33. The zero-order valence-electron chi connectivity index (χ0n) is 19.9. The van der Waals surface area contributed by atoms with Gasteiger partial charge in [-0.1, -0.05) is 18.2 Å². The van der Waals surface area contributed by atoms with Crippen LogP contribution < -0.4 is 4.90 Å². The van der Waals surface area contributed by atoms with Crippen LogP contribution >= 0.6 is 0 Å². The van der Waals surface area contributed by atoms with Crippen molar-refractivity contribution in [2.24, 2.45) is 0 Å². The number of imidazole rings is 1. The average Bonchev–Trinajstić information content (AvgIpc) is 3.27. The van der Waals surface area contributed by atoms with Crippen molar-refractivity contribution in [3.8, 4) is 11.1 Å². The molecular formula is C28H31N5O.